The van der Waals surface area contributed by atoms with Crippen molar-refractivity contribution < 1.29 is 29.2 Å². The second-order valence-corrected chi connectivity index (χ2v) is 16.5. The van der Waals surface area contributed by atoms with Gasteiger partial charge in [-0.05, 0) is 112 Å². The number of hydrogen-bond donors (Lipinski definition) is 3. The van der Waals surface area contributed by atoms with Gasteiger partial charge in [0.15, 0.2) is 0 Å². The Bertz CT molecular complexity index is 1040. The van der Waals surface area contributed by atoms with Gasteiger partial charge < -0.3 is 30.2 Å². The number of nitrogens with two attached hydrogens (primary N) is 1. The van der Waals surface area contributed by atoms with Crippen LogP contribution >= 0.6 is 0 Å². The number of fused-ring (bicyclic) bond motifs is 4. The third-order valence-corrected chi connectivity index (χ3v) is 14.4. The molecule has 4 N–H and O–H groups in total. The van der Waals surface area contributed by atoms with Crippen molar-refractivity contribution in [1.29, 1.82) is 0 Å². The Labute approximate surface area is 241 Å². The van der Waals surface area contributed by atoms with Crippen molar-refractivity contribution in [3.8, 4) is 0 Å². The summed E-state index contributed by atoms with van der Waals surface area (Å²) in [6, 6.07) is 0. The van der Waals surface area contributed by atoms with Crippen LogP contribution in [-0.4, -0.2) is 59.0 Å². The summed E-state index contributed by atoms with van der Waals surface area (Å²) in [7, 11) is 0. The molecule has 6 aliphatic rings. The van der Waals surface area contributed by atoms with Crippen molar-refractivity contribution in [2.24, 2.45) is 56.5 Å². The van der Waals surface area contributed by atoms with Gasteiger partial charge in [0.25, 0.3) is 0 Å². The van der Waals surface area contributed by atoms with Gasteiger partial charge in [-0.1, -0.05) is 34.6 Å². The molecule has 6 fully saturated rings. The number of amides is 1. The lowest BCUT2D eigenvalue weighted by Crippen LogP contribution is -2.60. The summed E-state index contributed by atoms with van der Waals surface area (Å²) in [5.74, 6) is 1.61. The third kappa shape index (κ3) is 3.47. The number of carbonyl (C=O) groups is 1. The standard InChI is InChI=1S/C33H55NO6/c1-9-38-26(29(5,6)37)19-16-18(2)23-24(39-19)25(35)31(8)21-11-10-20-28(3,4)22(40-27(34)36)12-13-32(20)17-33(21,32)15-14-30(23,31)7/h18-26,35,37H,9-17H2,1-8H3,(H2,34,36)/t18-,19-,20+,21+,22+,23+,24+,25+,26+,30-,31-,32-,33+/m1/s1. The average molecular weight is 562 g/mol. The van der Waals surface area contributed by atoms with Gasteiger partial charge >= 0.3 is 6.09 Å². The Hall–Kier alpha value is -0.890. The number of hydrogen-bond acceptors (Lipinski definition) is 6. The quantitative estimate of drug-likeness (QED) is 0.412. The minimum absolute atomic E-state index is 0.00829. The van der Waals surface area contributed by atoms with Crippen LogP contribution in [-0.2, 0) is 14.2 Å². The number of aliphatic hydroxyl groups excluding tert-OH is 1. The summed E-state index contributed by atoms with van der Waals surface area (Å²) >= 11 is 0. The molecule has 0 aromatic carbocycles. The van der Waals surface area contributed by atoms with Gasteiger partial charge in [0, 0.05) is 17.4 Å². The molecule has 1 saturated heterocycles. The molecule has 0 aromatic rings. The Morgan fingerprint density at radius 3 is 2.35 bits per heavy atom. The predicted octanol–water partition coefficient (Wildman–Crippen LogP) is 5.44. The molecule has 13 atom stereocenters. The van der Waals surface area contributed by atoms with Gasteiger partial charge in [-0.3, -0.25) is 0 Å². The summed E-state index contributed by atoms with van der Waals surface area (Å²) in [6.07, 6.45) is 6.34. The zero-order chi connectivity index (χ0) is 29.3. The SMILES string of the molecule is CCO[C@@H]([C@H]1C[C@@H](C)[C@H]2[C@H](O1)[C@H](O)[C@@]1(C)[C@@H]3CC[C@H]4C(C)(C)[C@@H](OC(N)=O)CC[C@@]45C[C@@]35CC[C@]21C)C(C)(C)O. The monoisotopic (exact) mass is 561 g/mol. The van der Waals surface area contributed by atoms with Crippen LogP contribution in [0.4, 0.5) is 4.79 Å². The van der Waals surface area contributed by atoms with Crippen LogP contribution in [0.3, 0.4) is 0 Å². The van der Waals surface area contributed by atoms with E-state index in [-0.39, 0.29) is 51.3 Å². The molecule has 0 bridgehead atoms. The van der Waals surface area contributed by atoms with Gasteiger partial charge in [-0.15, -0.1) is 0 Å². The highest BCUT2D eigenvalue weighted by atomic mass is 16.6. The van der Waals surface area contributed by atoms with Crippen molar-refractivity contribution in [2.45, 2.75) is 143 Å². The summed E-state index contributed by atoms with van der Waals surface area (Å²) in [4.78, 5) is 11.7. The van der Waals surface area contributed by atoms with E-state index in [1.54, 1.807) is 13.8 Å². The third-order valence-electron chi connectivity index (χ3n) is 14.4. The predicted molar refractivity (Wildman–Crippen MR) is 152 cm³/mol. The second kappa shape index (κ2) is 8.83. The maximum absolute atomic E-state index is 12.4. The zero-order valence-corrected chi connectivity index (χ0v) is 26.2. The Balaban J connectivity index is 1.32. The first kappa shape index (κ1) is 29.2. The van der Waals surface area contributed by atoms with Crippen molar-refractivity contribution in [1.82, 2.24) is 0 Å². The lowest BCUT2D eigenvalue weighted by atomic mass is 9.41. The summed E-state index contributed by atoms with van der Waals surface area (Å²) < 4.78 is 18.6. The van der Waals surface area contributed by atoms with Crippen molar-refractivity contribution >= 4 is 6.09 Å². The molecular formula is C33H55NO6. The minimum atomic E-state index is -1.02. The van der Waals surface area contributed by atoms with Gasteiger partial charge in [-0.2, -0.15) is 0 Å². The van der Waals surface area contributed by atoms with E-state index in [1.165, 1.54) is 12.8 Å². The summed E-state index contributed by atoms with van der Waals surface area (Å²) in [5, 5.41) is 23.4. The van der Waals surface area contributed by atoms with E-state index in [0.29, 0.717) is 24.4 Å². The van der Waals surface area contributed by atoms with Gasteiger partial charge in [-0.25, -0.2) is 4.79 Å². The van der Waals surface area contributed by atoms with E-state index < -0.39 is 23.9 Å². The maximum atomic E-state index is 12.4. The first-order chi connectivity index (χ1) is 18.5. The molecule has 1 aliphatic heterocycles. The molecule has 0 unspecified atom stereocenters. The van der Waals surface area contributed by atoms with Crippen LogP contribution in [0.25, 0.3) is 0 Å². The minimum Gasteiger partial charge on any atom is -0.446 e. The first-order valence-corrected chi connectivity index (χ1v) is 16.1. The molecule has 7 nitrogen and oxygen atoms in total. The molecule has 40 heavy (non-hydrogen) atoms. The molecule has 6 rings (SSSR count). The Kier molecular flexibility index (Phi) is 6.44. The molecule has 1 heterocycles. The van der Waals surface area contributed by atoms with E-state index in [9.17, 15) is 15.0 Å². The lowest BCUT2D eigenvalue weighted by Gasteiger charge is -2.63. The number of aliphatic hydroxyl groups is 2. The zero-order valence-electron chi connectivity index (χ0n) is 26.2. The molecule has 5 saturated carbocycles. The molecule has 0 aromatic heterocycles. The van der Waals surface area contributed by atoms with Crippen molar-refractivity contribution in [2.75, 3.05) is 6.61 Å². The Morgan fingerprint density at radius 2 is 1.73 bits per heavy atom. The number of carbonyl (C=O) groups excluding carboxylic acids is 1. The van der Waals surface area contributed by atoms with Crippen molar-refractivity contribution in [3.63, 3.8) is 0 Å². The van der Waals surface area contributed by atoms with E-state index in [1.807, 2.05) is 6.92 Å². The first-order valence-electron chi connectivity index (χ1n) is 16.1. The topological polar surface area (TPSA) is 111 Å². The number of rotatable bonds is 5. The molecule has 5 aliphatic carbocycles. The highest BCUT2D eigenvalue weighted by Crippen LogP contribution is 2.89. The number of primary amides is 1. The van der Waals surface area contributed by atoms with Crippen LogP contribution in [0.2, 0.25) is 0 Å². The van der Waals surface area contributed by atoms with E-state index in [4.69, 9.17) is 19.9 Å². The highest BCUT2D eigenvalue weighted by Gasteiger charge is 2.84. The molecule has 228 valence electrons. The molecule has 1 amide bonds. The highest BCUT2D eigenvalue weighted by molar-refractivity contribution is 5.65. The fourth-order valence-electron chi connectivity index (χ4n) is 12.8. The smallest absolute Gasteiger partial charge is 0.404 e. The fourth-order valence-corrected chi connectivity index (χ4v) is 12.8. The largest absolute Gasteiger partial charge is 0.446 e. The van der Waals surface area contributed by atoms with Crippen LogP contribution < -0.4 is 5.73 Å². The second-order valence-electron chi connectivity index (χ2n) is 16.5. The normalized spacial score (nSPS) is 53.2. The molecule has 2 spiro atoms. The van der Waals surface area contributed by atoms with Crippen molar-refractivity contribution in [3.05, 3.63) is 0 Å². The molecule has 7 heteroatoms. The molecule has 0 radical (unpaired) electrons. The summed E-state index contributed by atoms with van der Waals surface area (Å²) in [6.45, 7) is 17.9. The van der Waals surface area contributed by atoms with Crippen LogP contribution in [0, 0.1) is 50.7 Å². The van der Waals surface area contributed by atoms with Crippen LogP contribution in [0.1, 0.15) is 107 Å². The van der Waals surface area contributed by atoms with Gasteiger partial charge in [0.1, 0.15) is 12.2 Å². The van der Waals surface area contributed by atoms with E-state index in [0.717, 1.165) is 38.5 Å². The van der Waals surface area contributed by atoms with E-state index >= 15 is 0 Å². The van der Waals surface area contributed by atoms with Crippen LogP contribution in [0.5, 0.6) is 0 Å². The Morgan fingerprint density at radius 1 is 1.07 bits per heavy atom. The van der Waals surface area contributed by atoms with E-state index in [2.05, 4.69) is 34.6 Å². The maximum Gasteiger partial charge on any atom is 0.404 e. The van der Waals surface area contributed by atoms with Crippen LogP contribution in [0.15, 0.2) is 0 Å². The lowest BCUT2D eigenvalue weighted by molar-refractivity contribution is -0.215. The molecular weight excluding hydrogens is 506 g/mol. The van der Waals surface area contributed by atoms with Gasteiger partial charge in [0.05, 0.1) is 23.9 Å². The fraction of sp³-hybridized carbons (Fsp3) is 0.970. The average Bonchev–Trinajstić information content (AvgIpc) is 3.48. The summed E-state index contributed by atoms with van der Waals surface area (Å²) in [5.41, 5.74) is 4.62. The number of ether oxygens (including phenoxy) is 3. The van der Waals surface area contributed by atoms with Gasteiger partial charge in [0.2, 0.25) is 0 Å².